The van der Waals surface area contributed by atoms with Gasteiger partial charge in [0.1, 0.15) is 11.0 Å². The van der Waals surface area contributed by atoms with Crippen molar-refractivity contribution < 1.29 is 8.42 Å². The van der Waals surface area contributed by atoms with Crippen LogP contribution in [0.25, 0.3) is 5.65 Å². The summed E-state index contributed by atoms with van der Waals surface area (Å²) in [5, 5.41) is 7.51. The largest absolute Gasteiger partial charge is 0.286 e. The second-order valence-corrected chi connectivity index (χ2v) is 5.80. The van der Waals surface area contributed by atoms with Crippen molar-refractivity contribution in [3.05, 3.63) is 30.2 Å². The third-order valence-corrected chi connectivity index (χ3v) is 3.99. The highest BCUT2D eigenvalue weighted by atomic mass is 35.5. The maximum absolute atomic E-state index is 11.1. The van der Waals surface area contributed by atoms with E-state index in [-0.39, 0.29) is 6.54 Å². The smallest absolute Gasteiger partial charge is 0.225 e. The first-order valence-electron chi connectivity index (χ1n) is 4.94. The van der Waals surface area contributed by atoms with Crippen molar-refractivity contribution in [2.75, 3.05) is 11.8 Å². The van der Waals surface area contributed by atoms with E-state index in [1.807, 2.05) is 28.8 Å². The Labute approximate surface area is 104 Å². The van der Waals surface area contributed by atoms with E-state index in [0.29, 0.717) is 12.2 Å². The molecule has 8 heteroatoms. The summed E-state index contributed by atoms with van der Waals surface area (Å²) in [4.78, 5) is 0. The number of rotatable bonds is 5. The predicted molar refractivity (Wildman–Crippen MR) is 64.3 cm³/mol. The number of hydrogen-bond donors (Lipinski definition) is 1. The summed E-state index contributed by atoms with van der Waals surface area (Å²) in [6, 6.07) is 5.56. The first-order chi connectivity index (χ1) is 8.12. The lowest BCUT2D eigenvalue weighted by Crippen LogP contribution is -2.27. The number of nitrogens with one attached hydrogen (secondary N) is 1. The van der Waals surface area contributed by atoms with E-state index in [4.69, 9.17) is 11.6 Å². The summed E-state index contributed by atoms with van der Waals surface area (Å²) in [6.45, 7) is 0.255. The van der Waals surface area contributed by atoms with Crippen LogP contribution < -0.4 is 4.72 Å². The molecule has 92 valence electrons. The molecule has 0 saturated heterocycles. The number of nitrogens with zero attached hydrogens (tertiary/aromatic N) is 3. The van der Waals surface area contributed by atoms with E-state index < -0.39 is 15.2 Å². The molecule has 2 heterocycles. The first kappa shape index (κ1) is 12.3. The first-order valence-corrected chi connectivity index (χ1v) is 7.13. The van der Waals surface area contributed by atoms with Gasteiger partial charge in [-0.1, -0.05) is 6.07 Å². The van der Waals surface area contributed by atoms with Gasteiger partial charge in [-0.3, -0.25) is 4.40 Å². The minimum absolute atomic E-state index is 0.255. The molecule has 0 aromatic carbocycles. The predicted octanol–water partition coefficient (Wildman–Crippen LogP) is 0.387. The topological polar surface area (TPSA) is 76.4 Å². The van der Waals surface area contributed by atoms with Crippen LogP contribution in [-0.4, -0.2) is 34.8 Å². The number of alkyl halides is 1. The second-order valence-electron chi connectivity index (χ2n) is 3.41. The molecule has 2 aromatic heterocycles. The van der Waals surface area contributed by atoms with Crippen LogP contribution in [0.2, 0.25) is 0 Å². The highest BCUT2D eigenvalue weighted by Crippen LogP contribution is 2.03. The lowest BCUT2D eigenvalue weighted by atomic mass is 10.4. The summed E-state index contributed by atoms with van der Waals surface area (Å²) >= 11 is 5.27. The van der Waals surface area contributed by atoms with Crippen molar-refractivity contribution >= 4 is 27.3 Å². The Morgan fingerprint density at radius 3 is 2.94 bits per heavy atom. The summed E-state index contributed by atoms with van der Waals surface area (Å²) in [7, 11) is -3.37. The molecular formula is C9H11ClN4O2S. The molecule has 6 nitrogen and oxygen atoms in total. The second kappa shape index (κ2) is 4.99. The van der Waals surface area contributed by atoms with Crippen LogP contribution in [-0.2, 0) is 16.4 Å². The Bertz CT molecular complexity index is 610. The molecule has 0 fully saturated rings. The third kappa shape index (κ3) is 2.93. The Kier molecular flexibility index (Phi) is 3.60. The molecule has 0 amide bonds. The molecule has 17 heavy (non-hydrogen) atoms. The molecule has 2 aromatic rings. The summed E-state index contributed by atoms with van der Waals surface area (Å²) in [5.41, 5.74) is 0.739. The molecule has 2 rings (SSSR count). The molecule has 0 aliphatic rings. The average molecular weight is 275 g/mol. The van der Waals surface area contributed by atoms with Gasteiger partial charge in [0.25, 0.3) is 0 Å². The molecule has 0 aliphatic heterocycles. The van der Waals surface area contributed by atoms with Crippen molar-refractivity contribution in [1.29, 1.82) is 0 Å². The minimum Gasteiger partial charge on any atom is -0.286 e. The van der Waals surface area contributed by atoms with Crippen LogP contribution in [0.1, 0.15) is 5.82 Å². The summed E-state index contributed by atoms with van der Waals surface area (Å²) < 4.78 is 26.4. The van der Waals surface area contributed by atoms with E-state index in [1.165, 1.54) is 0 Å². The Hall–Kier alpha value is -1.18. The van der Waals surface area contributed by atoms with Gasteiger partial charge in [0, 0.05) is 19.2 Å². The molecule has 0 unspecified atom stereocenters. The lowest BCUT2D eigenvalue weighted by molar-refractivity contribution is 0.585. The van der Waals surface area contributed by atoms with Crippen molar-refractivity contribution in [2.45, 2.75) is 6.42 Å². The van der Waals surface area contributed by atoms with Gasteiger partial charge >= 0.3 is 0 Å². The van der Waals surface area contributed by atoms with Crippen molar-refractivity contribution in [3.63, 3.8) is 0 Å². The molecule has 1 N–H and O–H groups in total. The fourth-order valence-electron chi connectivity index (χ4n) is 1.42. The zero-order valence-electron chi connectivity index (χ0n) is 8.88. The number of halogens is 1. The van der Waals surface area contributed by atoms with Crippen LogP contribution in [0.4, 0.5) is 0 Å². The number of aromatic nitrogens is 3. The highest BCUT2D eigenvalue weighted by Gasteiger charge is 2.09. The van der Waals surface area contributed by atoms with Gasteiger partial charge in [0.15, 0.2) is 5.65 Å². The van der Waals surface area contributed by atoms with E-state index in [2.05, 4.69) is 14.9 Å². The molecule has 0 bridgehead atoms. The van der Waals surface area contributed by atoms with Crippen LogP contribution in [0.5, 0.6) is 0 Å². The SMILES string of the molecule is O=S(=O)(CCl)NCCc1nnc2ccccn12. The molecule has 0 saturated carbocycles. The fourth-order valence-corrected chi connectivity index (χ4v) is 2.14. The Morgan fingerprint density at radius 1 is 1.35 bits per heavy atom. The molecule has 0 aliphatic carbocycles. The zero-order chi connectivity index (χ0) is 12.3. The Morgan fingerprint density at radius 2 is 2.18 bits per heavy atom. The quantitative estimate of drug-likeness (QED) is 0.800. The number of hydrogen-bond acceptors (Lipinski definition) is 4. The van der Waals surface area contributed by atoms with Crippen LogP contribution >= 0.6 is 11.6 Å². The average Bonchev–Trinajstić information content (AvgIpc) is 2.73. The van der Waals surface area contributed by atoms with E-state index in [1.54, 1.807) is 0 Å². The Balaban J connectivity index is 2.05. The standard InChI is InChI=1S/C9H11ClN4O2S/c10-7-17(15,16)11-5-4-9-13-12-8-3-1-2-6-14(8)9/h1-3,6,11H,4-5,7H2. The fraction of sp³-hybridized carbons (Fsp3) is 0.333. The third-order valence-electron chi connectivity index (χ3n) is 2.20. The lowest BCUT2D eigenvalue weighted by Gasteiger charge is -2.02. The normalized spacial score (nSPS) is 12.1. The highest BCUT2D eigenvalue weighted by molar-refractivity contribution is 7.90. The molecule has 0 spiro atoms. The number of sulfonamides is 1. The van der Waals surface area contributed by atoms with Gasteiger partial charge in [-0.05, 0) is 12.1 Å². The van der Waals surface area contributed by atoms with Crippen molar-refractivity contribution in [1.82, 2.24) is 19.3 Å². The van der Waals surface area contributed by atoms with E-state index in [9.17, 15) is 8.42 Å². The summed E-state index contributed by atoms with van der Waals surface area (Å²) in [5.74, 6) is 0.706. The van der Waals surface area contributed by atoms with Gasteiger partial charge in [-0.25, -0.2) is 13.1 Å². The maximum Gasteiger partial charge on any atom is 0.225 e. The monoisotopic (exact) mass is 274 g/mol. The number of pyridine rings is 1. The maximum atomic E-state index is 11.1. The van der Waals surface area contributed by atoms with Crippen molar-refractivity contribution in [3.8, 4) is 0 Å². The zero-order valence-corrected chi connectivity index (χ0v) is 10.4. The van der Waals surface area contributed by atoms with E-state index in [0.717, 1.165) is 5.65 Å². The summed E-state index contributed by atoms with van der Waals surface area (Å²) in [6.07, 6.45) is 2.29. The van der Waals surface area contributed by atoms with Gasteiger partial charge in [0.2, 0.25) is 10.0 Å². The molecular weight excluding hydrogens is 264 g/mol. The van der Waals surface area contributed by atoms with E-state index >= 15 is 0 Å². The van der Waals surface area contributed by atoms with Crippen LogP contribution in [0, 0.1) is 0 Å². The van der Waals surface area contributed by atoms with Crippen LogP contribution in [0.3, 0.4) is 0 Å². The minimum atomic E-state index is -3.37. The van der Waals surface area contributed by atoms with Crippen molar-refractivity contribution in [2.24, 2.45) is 0 Å². The molecule has 0 radical (unpaired) electrons. The van der Waals surface area contributed by atoms with Crippen LogP contribution in [0.15, 0.2) is 24.4 Å². The molecule has 0 atom stereocenters. The number of fused-ring (bicyclic) bond motifs is 1. The van der Waals surface area contributed by atoms with Gasteiger partial charge in [-0.2, -0.15) is 0 Å². The van der Waals surface area contributed by atoms with Gasteiger partial charge < -0.3 is 0 Å². The van der Waals surface area contributed by atoms with Gasteiger partial charge in [-0.15, -0.1) is 21.8 Å². The van der Waals surface area contributed by atoms with Gasteiger partial charge in [0.05, 0.1) is 0 Å².